The first-order valence-electron chi connectivity index (χ1n) is 12.8. The second-order valence-corrected chi connectivity index (χ2v) is 10.5. The molecule has 1 aliphatic rings. The number of likely N-dealkylation sites (N-methyl/N-ethyl adjacent to an activating group) is 1. The van der Waals surface area contributed by atoms with Gasteiger partial charge in [-0.15, -0.1) is 0 Å². The quantitative estimate of drug-likeness (QED) is 0.251. The Bertz CT molecular complexity index is 1110. The minimum absolute atomic E-state index is 0.0570. The largest absolute Gasteiger partial charge is 0.459 e. The number of nitrogens with zero attached hydrogens (tertiary/aromatic N) is 2. The summed E-state index contributed by atoms with van der Waals surface area (Å²) >= 11 is 0. The third-order valence-electron chi connectivity index (χ3n) is 6.42. The van der Waals surface area contributed by atoms with Crippen molar-refractivity contribution in [1.82, 2.24) is 9.80 Å². The molecule has 2 atom stereocenters. The molecule has 8 nitrogen and oxygen atoms in total. The van der Waals surface area contributed by atoms with Gasteiger partial charge in [0.2, 0.25) is 0 Å². The maximum atomic E-state index is 13.8. The number of ether oxygens (including phenoxy) is 3. The van der Waals surface area contributed by atoms with E-state index in [1.165, 1.54) is 9.80 Å². The Kier molecular flexibility index (Phi) is 9.55. The third-order valence-corrected chi connectivity index (χ3v) is 6.42. The molecular formula is C30H38N2O6. The molecule has 0 spiro atoms. The standard InChI is InChI=1S/C30H38N2O6/c1-6-7-18-30(26(33)36-21-23-14-10-8-11-15-23)19-25(31(5)27(34)38-29(2,3)4)20-32(30)28(35)37-22-24-16-12-9-13-17-24/h6-17,25H,18-22H2,1-5H3/b7-6+. The van der Waals surface area contributed by atoms with Crippen molar-refractivity contribution in [2.75, 3.05) is 13.6 Å². The monoisotopic (exact) mass is 522 g/mol. The topological polar surface area (TPSA) is 85.4 Å². The summed E-state index contributed by atoms with van der Waals surface area (Å²) in [5, 5.41) is 0. The number of hydrogen-bond acceptors (Lipinski definition) is 6. The van der Waals surface area contributed by atoms with E-state index in [1.807, 2.05) is 79.7 Å². The van der Waals surface area contributed by atoms with Crippen molar-refractivity contribution in [3.8, 4) is 0 Å². The number of amides is 2. The van der Waals surface area contributed by atoms with Crippen molar-refractivity contribution in [3.63, 3.8) is 0 Å². The van der Waals surface area contributed by atoms with Gasteiger partial charge in [0.15, 0.2) is 0 Å². The molecule has 1 heterocycles. The molecule has 0 bridgehead atoms. The van der Waals surface area contributed by atoms with Gasteiger partial charge in [0.25, 0.3) is 0 Å². The number of esters is 1. The van der Waals surface area contributed by atoms with Crippen LogP contribution in [0.4, 0.5) is 9.59 Å². The average Bonchev–Trinajstić information content (AvgIpc) is 3.30. The SMILES string of the molecule is C/C=C/CC1(C(=O)OCc2ccccc2)CC(N(C)C(=O)OC(C)(C)C)CN1C(=O)OCc1ccccc1. The minimum Gasteiger partial charge on any atom is -0.459 e. The van der Waals surface area contributed by atoms with Crippen molar-refractivity contribution in [1.29, 1.82) is 0 Å². The van der Waals surface area contributed by atoms with Crippen molar-refractivity contribution in [2.24, 2.45) is 0 Å². The van der Waals surface area contributed by atoms with Crippen LogP contribution in [0.2, 0.25) is 0 Å². The van der Waals surface area contributed by atoms with Crippen LogP contribution in [0.25, 0.3) is 0 Å². The zero-order chi connectivity index (χ0) is 27.8. The van der Waals surface area contributed by atoms with Gasteiger partial charge in [-0.2, -0.15) is 0 Å². The fourth-order valence-electron chi connectivity index (χ4n) is 4.38. The summed E-state index contributed by atoms with van der Waals surface area (Å²) in [5.41, 5.74) is -0.376. The lowest BCUT2D eigenvalue weighted by Crippen LogP contribution is -2.53. The van der Waals surface area contributed by atoms with E-state index in [9.17, 15) is 14.4 Å². The first kappa shape index (κ1) is 28.8. The Balaban J connectivity index is 1.89. The predicted molar refractivity (Wildman–Crippen MR) is 144 cm³/mol. The summed E-state index contributed by atoms with van der Waals surface area (Å²) in [6.45, 7) is 7.44. The first-order valence-corrected chi connectivity index (χ1v) is 12.8. The number of carbonyl (C=O) groups excluding carboxylic acids is 3. The Morgan fingerprint density at radius 3 is 2.05 bits per heavy atom. The average molecular weight is 523 g/mol. The molecular weight excluding hydrogens is 484 g/mol. The molecule has 2 aromatic rings. The van der Waals surface area contributed by atoms with Crippen LogP contribution in [-0.4, -0.2) is 58.7 Å². The summed E-state index contributed by atoms with van der Waals surface area (Å²) in [5.74, 6) is -0.545. The molecule has 38 heavy (non-hydrogen) atoms. The van der Waals surface area contributed by atoms with E-state index in [0.717, 1.165) is 11.1 Å². The molecule has 2 unspecified atom stereocenters. The number of hydrogen-bond donors (Lipinski definition) is 0. The van der Waals surface area contributed by atoms with E-state index in [4.69, 9.17) is 14.2 Å². The third kappa shape index (κ3) is 7.37. The Morgan fingerprint density at radius 2 is 1.53 bits per heavy atom. The van der Waals surface area contributed by atoms with E-state index in [2.05, 4.69) is 0 Å². The van der Waals surface area contributed by atoms with Crippen LogP contribution in [0.5, 0.6) is 0 Å². The van der Waals surface area contributed by atoms with Crippen LogP contribution in [0.15, 0.2) is 72.8 Å². The van der Waals surface area contributed by atoms with Gasteiger partial charge < -0.3 is 19.1 Å². The second-order valence-electron chi connectivity index (χ2n) is 10.5. The van der Waals surface area contributed by atoms with Gasteiger partial charge in [-0.1, -0.05) is 72.8 Å². The van der Waals surface area contributed by atoms with Gasteiger partial charge in [0.1, 0.15) is 24.4 Å². The molecule has 1 saturated heterocycles. The molecule has 2 amide bonds. The number of benzene rings is 2. The molecule has 204 valence electrons. The van der Waals surface area contributed by atoms with Crippen LogP contribution >= 0.6 is 0 Å². The van der Waals surface area contributed by atoms with E-state index in [1.54, 1.807) is 27.8 Å². The van der Waals surface area contributed by atoms with E-state index in [0.29, 0.717) is 0 Å². The summed E-state index contributed by atoms with van der Waals surface area (Å²) in [6, 6.07) is 18.2. The highest BCUT2D eigenvalue weighted by Gasteiger charge is 2.56. The van der Waals surface area contributed by atoms with Crippen LogP contribution < -0.4 is 0 Å². The van der Waals surface area contributed by atoms with Crippen LogP contribution in [0, 0.1) is 0 Å². The van der Waals surface area contributed by atoms with Gasteiger partial charge in [0, 0.05) is 20.0 Å². The minimum atomic E-state index is -1.35. The summed E-state index contributed by atoms with van der Waals surface area (Å²) in [6.07, 6.45) is 2.88. The molecule has 0 radical (unpaired) electrons. The molecule has 0 aliphatic carbocycles. The first-order chi connectivity index (χ1) is 18.1. The van der Waals surface area contributed by atoms with Gasteiger partial charge in [0.05, 0.1) is 6.04 Å². The lowest BCUT2D eigenvalue weighted by Gasteiger charge is -2.34. The highest BCUT2D eigenvalue weighted by Crippen LogP contribution is 2.38. The van der Waals surface area contributed by atoms with Crippen molar-refractivity contribution in [2.45, 2.75) is 70.9 Å². The highest BCUT2D eigenvalue weighted by atomic mass is 16.6. The molecule has 3 rings (SSSR count). The van der Waals surface area contributed by atoms with Crippen molar-refractivity contribution in [3.05, 3.63) is 83.9 Å². The Morgan fingerprint density at radius 1 is 0.974 bits per heavy atom. The zero-order valence-electron chi connectivity index (χ0n) is 22.9. The number of rotatable bonds is 8. The molecule has 0 saturated carbocycles. The number of carbonyl (C=O) groups is 3. The van der Waals surface area contributed by atoms with Crippen LogP contribution in [0.1, 0.15) is 51.7 Å². The smallest absolute Gasteiger partial charge is 0.411 e. The summed E-state index contributed by atoms with van der Waals surface area (Å²) in [4.78, 5) is 43.0. The fraction of sp³-hybridized carbons (Fsp3) is 0.433. The predicted octanol–water partition coefficient (Wildman–Crippen LogP) is 5.71. The van der Waals surface area contributed by atoms with E-state index < -0.39 is 35.3 Å². The van der Waals surface area contributed by atoms with Gasteiger partial charge in [-0.3, -0.25) is 4.90 Å². The molecule has 0 aromatic heterocycles. The van der Waals surface area contributed by atoms with Gasteiger partial charge in [-0.25, -0.2) is 14.4 Å². The van der Waals surface area contributed by atoms with Gasteiger partial charge in [-0.05, 0) is 45.2 Å². The van der Waals surface area contributed by atoms with Gasteiger partial charge >= 0.3 is 18.2 Å². The van der Waals surface area contributed by atoms with Crippen molar-refractivity contribution >= 4 is 18.2 Å². The molecule has 1 aliphatic heterocycles. The second kappa shape index (κ2) is 12.6. The number of likely N-dealkylation sites (tertiary alicyclic amines) is 1. The highest BCUT2D eigenvalue weighted by molar-refractivity contribution is 5.87. The maximum Gasteiger partial charge on any atom is 0.411 e. The van der Waals surface area contributed by atoms with E-state index >= 15 is 0 Å². The van der Waals surface area contributed by atoms with Crippen LogP contribution in [-0.2, 0) is 32.2 Å². The summed E-state index contributed by atoms with van der Waals surface area (Å²) in [7, 11) is 1.62. The molecule has 8 heteroatoms. The molecule has 0 N–H and O–H groups in total. The number of allylic oxidation sites excluding steroid dienone is 1. The van der Waals surface area contributed by atoms with E-state index in [-0.39, 0.29) is 32.6 Å². The Labute approximate surface area is 225 Å². The fourth-order valence-corrected chi connectivity index (χ4v) is 4.38. The van der Waals surface area contributed by atoms with Crippen LogP contribution in [0.3, 0.4) is 0 Å². The molecule has 2 aromatic carbocycles. The normalized spacial score (nSPS) is 19.3. The Hall–Kier alpha value is -3.81. The lowest BCUT2D eigenvalue weighted by atomic mass is 9.90. The lowest BCUT2D eigenvalue weighted by molar-refractivity contribution is -0.157. The zero-order valence-corrected chi connectivity index (χ0v) is 22.9. The molecule has 1 fully saturated rings. The summed E-state index contributed by atoms with van der Waals surface area (Å²) < 4.78 is 17.0. The van der Waals surface area contributed by atoms with Crippen molar-refractivity contribution < 1.29 is 28.6 Å². The maximum absolute atomic E-state index is 13.8.